The first kappa shape index (κ1) is 13.8. The minimum atomic E-state index is -0.00347. The smallest absolute Gasteiger partial charge is 0.246 e. The highest BCUT2D eigenvalue weighted by atomic mass is 16.2. The van der Waals surface area contributed by atoms with Gasteiger partial charge in [-0.05, 0) is 25.5 Å². The lowest BCUT2D eigenvalue weighted by atomic mass is 9.86. The minimum absolute atomic E-state index is 0.00347. The average molecular weight is 261 g/mol. The molecule has 1 aromatic heterocycles. The van der Waals surface area contributed by atoms with Crippen molar-refractivity contribution in [3.05, 3.63) is 30.1 Å². The molecule has 19 heavy (non-hydrogen) atoms. The molecule has 0 N–H and O–H groups in total. The Kier molecular flexibility index (Phi) is 3.52. The van der Waals surface area contributed by atoms with Gasteiger partial charge in [0.05, 0.1) is 24.0 Å². The van der Waals surface area contributed by atoms with Crippen LogP contribution in [0.3, 0.4) is 0 Å². The van der Waals surface area contributed by atoms with Gasteiger partial charge in [0.15, 0.2) is 0 Å². The van der Waals surface area contributed by atoms with Crippen molar-refractivity contribution in [3.63, 3.8) is 0 Å². The van der Waals surface area contributed by atoms with Crippen LogP contribution in [0.4, 0.5) is 0 Å². The van der Waals surface area contributed by atoms with Crippen molar-refractivity contribution >= 4 is 5.91 Å². The van der Waals surface area contributed by atoms with Crippen LogP contribution < -0.4 is 0 Å². The van der Waals surface area contributed by atoms with Crippen LogP contribution in [-0.4, -0.2) is 27.1 Å². The van der Waals surface area contributed by atoms with E-state index < -0.39 is 0 Å². The van der Waals surface area contributed by atoms with Crippen LogP contribution in [0, 0.1) is 0 Å². The van der Waals surface area contributed by atoms with Crippen LogP contribution in [0.25, 0.3) is 0 Å². The lowest BCUT2D eigenvalue weighted by Crippen LogP contribution is -2.40. The third-order valence-electron chi connectivity index (χ3n) is 4.29. The molecule has 0 saturated heterocycles. The first-order valence-electron chi connectivity index (χ1n) is 6.92. The number of nitrogens with zero attached hydrogens (tertiary/aromatic N) is 3. The van der Waals surface area contributed by atoms with Gasteiger partial charge in [-0.2, -0.15) is 5.10 Å². The number of aromatic nitrogens is 2. The molecule has 0 spiro atoms. The molecule has 2 rings (SSSR count). The number of rotatable bonds is 3. The Bertz CT molecular complexity index is 501. The first-order valence-corrected chi connectivity index (χ1v) is 6.92. The van der Waals surface area contributed by atoms with Gasteiger partial charge in [-0.3, -0.25) is 9.48 Å². The second-order valence-corrected chi connectivity index (χ2v) is 5.83. The normalized spacial score (nSPS) is 19.2. The third kappa shape index (κ3) is 2.31. The van der Waals surface area contributed by atoms with E-state index in [0.29, 0.717) is 6.54 Å². The number of hydrogen-bond donors (Lipinski definition) is 0. The van der Waals surface area contributed by atoms with Crippen molar-refractivity contribution in [1.29, 1.82) is 0 Å². The van der Waals surface area contributed by atoms with E-state index >= 15 is 0 Å². The van der Waals surface area contributed by atoms with E-state index in [9.17, 15) is 4.79 Å². The highest BCUT2D eigenvalue weighted by Crippen LogP contribution is 2.31. The van der Waals surface area contributed by atoms with Gasteiger partial charge in [0, 0.05) is 12.0 Å². The van der Waals surface area contributed by atoms with Crippen molar-refractivity contribution < 1.29 is 4.79 Å². The molecular formula is C15H23N3O. The summed E-state index contributed by atoms with van der Waals surface area (Å²) in [5.74, 6) is -0.00347. The molecule has 1 aliphatic rings. The maximum Gasteiger partial charge on any atom is 0.246 e. The topological polar surface area (TPSA) is 38.1 Å². The Morgan fingerprint density at radius 2 is 2.26 bits per heavy atom. The molecule has 0 radical (unpaired) electrons. The number of carbonyl (C=O) groups excluding carboxylic acids is 1. The molecule has 0 saturated carbocycles. The predicted octanol–water partition coefficient (Wildman–Crippen LogP) is 2.66. The van der Waals surface area contributed by atoms with Gasteiger partial charge in [0.25, 0.3) is 0 Å². The Morgan fingerprint density at radius 3 is 2.84 bits per heavy atom. The Labute approximate surface area is 115 Å². The van der Waals surface area contributed by atoms with Gasteiger partial charge in [-0.1, -0.05) is 27.4 Å². The Morgan fingerprint density at radius 1 is 1.58 bits per heavy atom. The standard InChI is InChI=1S/C15H23N3O/c1-6-14(19)17-8-9-18-12(11(17)3)10-13(16-18)15(4,5)7-2/h6,10-11H,1,7-9H2,2-5H3. The lowest BCUT2D eigenvalue weighted by Gasteiger charge is -2.33. The summed E-state index contributed by atoms with van der Waals surface area (Å²) in [6, 6.07) is 2.21. The largest absolute Gasteiger partial charge is 0.329 e. The molecule has 1 atom stereocenters. The van der Waals surface area contributed by atoms with Crippen molar-refractivity contribution in [2.45, 2.75) is 52.1 Å². The summed E-state index contributed by atoms with van der Waals surface area (Å²) in [4.78, 5) is 13.7. The molecule has 1 amide bonds. The SMILES string of the molecule is C=CC(=O)N1CCn2nc(C(C)(C)CC)cc2C1C. The summed E-state index contributed by atoms with van der Waals surface area (Å²) < 4.78 is 2.05. The van der Waals surface area contributed by atoms with Gasteiger partial charge >= 0.3 is 0 Å². The highest BCUT2D eigenvalue weighted by molar-refractivity contribution is 5.87. The maximum atomic E-state index is 11.8. The Hall–Kier alpha value is -1.58. The molecule has 4 nitrogen and oxygen atoms in total. The number of carbonyl (C=O) groups is 1. The van der Waals surface area contributed by atoms with Crippen molar-refractivity contribution in [3.8, 4) is 0 Å². The molecular weight excluding hydrogens is 238 g/mol. The zero-order valence-electron chi connectivity index (χ0n) is 12.3. The summed E-state index contributed by atoms with van der Waals surface area (Å²) in [6.07, 6.45) is 2.44. The molecule has 1 aliphatic heterocycles. The van der Waals surface area contributed by atoms with Crippen LogP contribution >= 0.6 is 0 Å². The highest BCUT2D eigenvalue weighted by Gasteiger charge is 2.31. The zero-order valence-corrected chi connectivity index (χ0v) is 12.3. The van der Waals surface area contributed by atoms with E-state index in [1.165, 1.54) is 6.08 Å². The van der Waals surface area contributed by atoms with Crippen LogP contribution in [0.2, 0.25) is 0 Å². The molecule has 1 aromatic rings. The van der Waals surface area contributed by atoms with Crippen LogP contribution in [-0.2, 0) is 16.8 Å². The van der Waals surface area contributed by atoms with Crippen LogP contribution in [0.1, 0.15) is 51.5 Å². The first-order chi connectivity index (χ1) is 8.90. The molecule has 4 heteroatoms. The molecule has 0 fully saturated rings. The fraction of sp³-hybridized carbons (Fsp3) is 0.600. The van der Waals surface area contributed by atoms with Gasteiger partial charge in [-0.15, -0.1) is 0 Å². The summed E-state index contributed by atoms with van der Waals surface area (Å²) >= 11 is 0. The molecule has 0 aromatic carbocycles. The predicted molar refractivity (Wildman–Crippen MR) is 75.9 cm³/mol. The number of fused-ring (bicyclic) bond motifs is 1. The van der Waals surface area contributed by atoms with E-state index in [0.717, 1.165) is 24.4 Å². The second kappa shape index (κ2) is 4.83. The third-order valence-corrected chi connectivity index (χ3v) is 4.29. The van der Waals surface area contributed by atoms with E-state index in [2.05, 4.69) is 40.3 Å². The van der Waals surface area contributed by atoms with Crippen LogP contribution in [0.5, 0.6) is 0 Å². The monoisotopic (exact) mass is 261 g/mol. The van der Waals surface area contributed by atoms with Crippen molar-refractivity contribution in [2.24, 2.45) is 0 Å². The maximum absolute atomic E-state index is 11.8. The molecule has 2 heterocycles. The zero-order chi connectivity index (χ0) is 14.2. The summed E-state index contributed by atoms with van der Waals surface area (Å²) in [5.41, 5.74) is 2.32. The van der Waals surface area contributed by atoms with Gasteiger partial charge in [0.2, 0.25) is 5.91 Å². The number of hydrogen-bond acceptors (Lipinski definition) is 2. The summed E-state index contributed by atoms with van der Waals surface area (Å²) in [5, 5.41) is 4.72. The molecule has 0 aliphatic carbocycles. The fourth-order valence-corrected chi connectivity index (χ4v) is 2.43. The minimum Gasteiger partial charge on any atom is -0.329 e. The second-order valence-electron chi connectivity index (χ2n) is 5.83. The van der Waals surface area contributed by atoms with E-state index in [-0.39, 0.29) is 17.4 Å². The summed E-state index contributed by atoms with van der Waals surface area (Å²) in [7, 11) is 0. The molecule has 0 bridgehead atoms. The van der Waals surface area contributed by atoms with E-state index in [1.807, 2.05) is 9.58 Å². The van der Waals surface area contributed by atoms with Crippen molar-refractivity contribution in [1.82, 2.24) is 14.7 Å². The molecule has 1 unspecified atom stereocenters. The fourth-order valence-electron chi connectivity index (χ4n) is 2.43. The van der Waals surface area contributed by atoms with E-state index in [4.69, 9.17) is 5.10 Å². The van der Waals surface area contributed by atoms with Gasteiger partial charge in [-0.25, -0.2) is 0 Å². The van der Waals surface area contributed by atoms with Gasteiger partial charge < -0.3 is 4.90 Å². The van der Waals surface area contributed by atoms with E-state index in [1.54, 1.807) is 0 Å². The average Bonchev–Trinajstić information content (AvgIpc) is 2.84. The Balaban J connectivity index is 2.34. The lowest BCUT2D eigenvalue weighted by molar-refractivity contribution is -0.129. The summed E-state index contributed by atoms with van der Waals surface area (Å²) in [6.45, 7) is 13.7. The quantitative estimate of drug-likeness (QED) is 0.785. The van der Waals surface area contributed by atoms with Gasteiger partial charge in [0.1, 0.15) is 0 Å². The van der Waals surface area contributed by atoms with Crippen molar-refractivity contribution in [2.75, 3.05) is 6.54 Å². The van der Waals surface area contributed by atoms with Crippen LogP contribution in [0.15, 0.2) is 18.7 Å². The molecule has 104 valence electrons. The number of amides is 1.